The normalized spacial score (nSPS) is 9.08. The van der Waals surface area contributed by atoms with Crippen molar-refractivity contribution in [2.75, 3.05) is 6.61 Å². The third kappa shape index (κ3) is 1.99. The van der Waals surface area contributed by atoms with E-state index in [2.05, 4.69) is 22.0 Å². The Labute approximate surface area is 79.9 Å². The molecule has 0 atom stereocenters. The molecule has 3 heteroatoms. The molecule has 0 fully saturated rings. The second kappa shape index (κ2) is 4.13. The summed E-state index contributed by atoms with van der Waals surface area (Å²) in [5, 5.41) is 8.72. The topological polar surface area (TPSA) is 33.0 Å². The standard InChI is InChI=1S/C9H8BrNO/c1-2-12-9-4-3-8(10)5-7(9)6-11/h3-5H,2H2,1H3. The van der Waals surface area contributed by atoms with Crippen LogP contribution in [0.5, 0.6) is 5.75 Å². The Morgan fingerprint density at radius 3 is 2.92 bits per heavy atom. The molecule has 0 aromatic heterocycles. The molecular formula is C9H8BrNO. The van der Waals surface area contributed by atoms with Crippen LogP contribution in [0.4, 0.5) is 0 Å². The van der Waals surface area contributed by atoms with Crippen LogP contribution in [0.15, 0.2) is 22.7 Å². The van der Waals surface area contributed by atoms with Crippen molar-refractivity contribution in [3.8, 4) is 11.8 Å². The number of nitriles is 1. The highest BCUT2D eigenvalue weighted by molar-refractivity contribution is 9.10. The predicted molar refractivity (Wildman–Crippen MR) is 50.0 cm³/mol. The van der Waals surface area contributed by atoms with Crippen molar-refractivity contribution in [1.82, 2.24) is 0 Å². The van der Waals surface area contributed by atoms with Gasteiger partial charge in [0.2, 0.25) is 0 Å². The molecule has 0 amide bonds. The quantitative estimate of drug-likeness (QED) is 0.776. The number of rotatable bonds is 2. The lowest BCUT2D eigenvalue weighted by Gasteiger charge is -2.04. The van der Waals surface area contributed by atoms with Crippen LogP contribution in [0.1, 0.15) is 12.5 Å². The van der Waals surface area contributed by atoms with E-state index in [1.165, 1.54) is 0 Å². The van der Waals surface area contributed by atoms with Gasteiger partial charge in [0.1, 0.15) is 11.8 Å². The van der Waals surface area contributed by atoms with E-state index in [1.54, 1.807) is 12.1 Å². The molecule has 0 aliphatic heterocycles. The average Bonchev–Trinajstić information content (AvgIpc) is 2.08. The maximum Gasteiger partial charge on any atom is 0.137 e. The van der Waals surface area contributed by atoms with E-state index in [0.29, 0.717) is 17.9 Å². The van der Waals surface area contributed by atoms with E-state index in [0.717, 1.165) is 4.47 Å². The molecule has 0 unspecified atom stereocenters. The van der Waals surface area contributed by atoms with E-state index >= 15 is 0 Å². The first-order valence-electron chi connectivity index (χ1n) is 3.60. The molecule has 0 aliphatic rings. The minimum absolute atomic E-state index is 0.561. The Balaban J connectivity index is 3.05. The Hall–Kier alpha value is -1.01. The van der Waals surface area contributed by atoms with Crippen LogP contribution in [0.3, 0.4) is 0 Å². The highest BCUT2D eigenvalue weighted by Crippen LogP contribution is 2.21. The van der Waals surface area contributed by atoms with Crippen LogP contribution in [-0.4, -0.2) is 6.61 Å². The van der Waals surface area contributed by atoms with Gasteiger partial charge in [-0.05, 0) is 25.1 Å². The summed E-state index contributed by atoms with van der Waals surface area (Å²) in [6.45, 7) is 2.47. The number of hydrogen-bond donors (Lipinski definition) is 0. The van der Waals surface area contributed by atoms with Crippen LogP contribution >= 0.6 is 15.9 Å². The zero-order chi connectivity index (χ0) is 8.97. The summed E-state index contributed by atoms with van der Waals surface area (Å²) in [6.07, 6.45) is 0. The molecule has 0 bridgehead atoms. The van der Waals surface area contributed by atoms with Crippen LogP contribution in [0, 0.1) is 11.3 Å². The number of benzene rings is 1. The van der Waals surface area contributed by atoms with Gasteiger partial charge < -0.3 is 4.74 Å². The van der Waals surface area contributed by atoms with E-state index in [1.807, 2.05) is 13.0 Å². The van der Waals surface area contributed by atoms with E-state index in [-0.39, 0.29) is 0 Å². The Morgan fingerprint density at radius 1 is 1.58 bits per heavy atom. The molecule has 2 nitrogen and oxygen atoms in total. The molecular weight excluding hydrogens is 218 g/mol. The lowest BCUT2D eigenvalue weighted by molar-refractivity contribution is 0.339. The van der Waals surface area contributed by atoms with Crippen molar-refractivity contribution >= 4 is 15.9 Å². The van der Waals surface area contributed by atoms with Crippen molar-refractivity contribution in [3.63, 3.8) is 0 Å². The Kier molecular flexibility index (Phi) is 3.12. The van der Waals surface area contributed by atoms with Gasteiger partial charge in [0.25, 0.3) is 0 Å². The van der Waals surface area contributed by atoms with Crippen LogP contribution in [0.25, 0.3) is 0 Å². The SMILES string of the molecule is CCOc1ccc(Br)cc1C#N. The van der Waals surface area contributed by atoms with Crippen LogP contribution in [-0.2, 0) is 0 Å². The monoisotopic (exact) mass is 225 g/mol. The molecule has 0 radical (unpaired) electrons. The third-order valence-electron chi connectivity index (χ3n) is 1.36. The maximum atomic E-state index is 8.72. The van der Waals surface area contributed by atoms with Crippen molar-refractivity contribution in [1.29, 1.82) is 5.26 Å². The molecule has 1 rings (SSSR count). The smallest absolute Gasteiger partial charge is 0.137 e. The Bertz CT molecular complexity index is 317. The minimum atomic E-state index is 0.561. The predicted octanol–water partition coefficient (Wildman–Crippen LogP) is 2.72. The van der Waals surface area contributed by atoms with E-state index < -0.39 is 0 Å². The van der Waals surface area contributed by atoms with E-state index in [4.69, 9.17) is 10.00 Å². The summed E-state index contributed by atoms with van der Waals surface area (Å²) >= 11 is 3.28. The maximum absolute atomic E-state index is 8.72. The van der Waals surface area contributed by atoms with E-state index in [9.17, 15) is 0 Å². The van der Waals surface area contributed by atoms with Crippen LogP contribution < -0.4 is 4.74 Å². The second-order valence-electron chi connectivity index (χ2n) is 2.19. The molecule has 0 saturated heterocycles. The fourth-order valence-electron chi connectivity index (χ4n) is 0.871. The van der Waals surface area contributed by atoms with Gasteiger partial charge in [0.15, 0.2) is 0 Å². The fourth-order valence-corrected chi connectivity index (χ4v) is 1.23. The molecule has 12 heavy (non-hydrogen) atoms. The highest BCUT2D eigenvalue weighted by Gasteiger charge is 2.01. The molecule has 0 N–H and O–H groups in total. The highest BCUT2D eigenvalue weighted by atomic mass is 79.9. The molecule has 1 aromatic carbocycles. The zero-order valence-corrected chi connectivity index (χ0v) is 8.26. The third-order valence-corrected chi connectivity index (χ3v) is 1.86. The minimum Gasteiger partial charge on any atom is -0.492 e. The van der Waals surface area contributed by atoms with Crippen molar-refractivity contribution < 1.29 is 4.74 Å². The number of halogens is 1. The summed E-state index contributed by atoms with van der Waals surface area (Å²) in [5.41, 5.74) is 0.561. The first-order chi connectivity index (χ1) is 5.77. The van der Waals surface area contributed by atoms with Gasteiger partial charge in [-0.3, -0.25) is 0 Å². The van der Waals surface area contributed by atoms with Crippen LogP contribution in [0.2, 0.25) is 0 Å². The first-order valence-corrected chi connectivity index (χ1v) is 4.39. The molecule has 62 valence electrons. The Morgan fingerprint density at radius 2 is 2.33 bits per heavy atom. The number of ether oxygens (including phenoxy) is 1. The average molecular weight is 226 g/mol. The van der Waals surface area contributed by atoms with Gasteiger partial charge in [-0.1, -0.05) is 15.9 Å². The van der Waals surface area contributed by atoms with Gasteiger partial charge in [0, 0.05) is 4.47 Å². The lowest BCUT2D eigenvalue weighted by Crippen LogP contribution is -1.93. The molecule has 0 heterocycles. The van der Waals surface area contributed by atoms with Crippen molar-refractivity contribution in [2.24, 2.45) is 0 Å². The lowest BCUT2D eigenvalue weighted by atomic mass is 10.2. The van der Waals surface area contributed by atoms with Gasteiger partial charge >= 0.3 is 0 Å². The first kappa shape index (κ1) is 9.08. The van der Waals surface area contributed by atoms with Gasteiger partial charge in [-0.25, -0.2) is 0 Å². The van der Waals surface area contributed by atoms with Crippen molar-refractivity contribution in [2.45, 2.75) is 6.92 Å². The summed E-state index contributed by atoms with van der Waals surface area (Å²) in [7, 11) is 0. The van der Waals surface area contributed by atoms with Crippen molar-refractivity contribution in [3.05, 3.63) is 28.2 Å². The number of hydrogen-bond acceptors (Lipinski definition) is 2. The molecule has 0 spiro atoms. The summed E-state index contributed by atoms with van der Waals surface area (Å²) in [5.74, 6) is 0.642. The van der Waals surface area contributed by atoms with Gasteiger partial charge in [-0.2, -0.15) is 5.26 Å². The summed E-state index contributed by atoms with van der Waals surface area (Å²) in [6, 6.07) is 7.44. The molecule has 0 saturated carbocycles. The fraction of sp³-hybridized carbons (Fsp3) is 0.222. The largest absolute Gasteiger partial charge is 0.492 e. The van der Waals surface area contributed by atoms with Gasteiger partial charge in [0.05, 0.1) is 12.2 Å². The summed E-state index contributed by atoms with van der Waals surface area (Å²) in [4.78, 5) is 0. The number of nitrogens with zero attached hydrogens (tertiary/aromatic N) is 1. The molecule has 0 aliphatic carbocycles. The summed E-state index contributed by atoms with van der Waals surface area (Å²) < 4.78 is 6.13. The second-order valence-corrected chi connectivity index (χ2v) is 3.10. The zero-order valence-electron chi connectivity index (χ0n) is 6.67. The molecule has 1 aromatic rings. The van der Waals surface area contributed by atoms with Gasteiger partial charge in [-0.15, -0.1) is 0 Å².